The molecule has 0 aliphatic heterocycles. The zero-order valence-electron chi connectivity index (χ0n) is 12.1. The number of benzene rings is 1. The van der Waals surface area contributed by atoms with Gasteiger partial charge in [0.2, 0.25) is 0 Å². The highest BCUT2D eigenvalue weighted by Gasteiger charge is 2.23. The summed E-state index contributed by atoms with van der Waals surface area (Å²) in [5.74, 6) is 1.20. The van der Waals surface area contributed by atoms with Crippen molar-refractivity contribution in [2.24, 2.45) is 0 Å². The molecular weight excluding hydrogens is 292 g/mol. The molecule has 1 aromatic carbocycles. The van der Waals surface area contributed by atoms with Crippen molar-refractivity contribution in [3.05, 3.63) is 44.9 Å². The smallest absolute Gasteiger partial charge is 0.125 e. The molecule has 1 heterocycles. The van der Waals surface area contributed by atoms with Crippen molar-refractivity contribution >= 4 is 22.9 Å². The second kappa shape index (κ2) is 6.57. The van der Waals surface area contributed by atoms with E-state index in [1.807, 2.05) is 25.2 Å². The SMILES string of the molecule is CNC(c1nc(C(C)C)cs1)c1c(Cl)cccc1OC. The average molecular weight is 311 g/mol. The minimum absolute atomic E-state index is 0.0591. The van der Waals surface area contributed by atoms with Crippen LogP contribution in [0.2, 0.25) is 5.02 Å². The van der Waals surface area contributed by atoms with Crippen LogP contribution in [0, 0.1) is 0 Å². The van der Waals surface area contributed by atoms with E-state index in [0.717, 1.165) is 22.0 Å². The van der Waals surface area contributed by atoms with E-state index >= 15 is 0 Å². The molecule has 0 aliphatic carbocycles. The molecule has 20 heavy (non-hydrogen) atoms. The number of methoxy groups -OCH3 is 1. The van der Waals surface area contributed by atoms with Crippen LogP contribution in [0.4, 0.5) is 0 Å². The van der Waals surface area contributed by atoms with E-state index in [2.05, 4.69) is 24.5 Å². The third-order valence-electron chi connectivity index (χ3n) is 3.19. The summed E-state index contributed by atoms with van der Waals surface area (Å²) in [6.45, 7) is 4.28. The van der Waals surface area contributed by atoms with Gasteiger partial charge in [-0.2, -0.15) is 0 Å². The van der Waals surface area contributed by atoms with Gasteiger partial charge in [-0.25, -0.2) is 4.98 Å². The molecule has 0 spiro atoms. The van der Waals surface area contributed by atoms with Crippen molar-refractivity contribution in [2.45, 2.75) is 25.8 Å². The summed E-state index contributed by atoms with van der Waals surface area (Å²) in [6.07, 6.45) is 0. The maximum absolute atomic E-state index is 6.36. The molecule has 1 aromatic heterocycles. The number of halogens is 1. The van der Waals surface area contributed by atoms with Gasteiger partial charge in [0.15, 0.2) is 0 Å². The fraction of sp³-hybridized carbons (Fsp3) is 0.400. The Hall–Kier alpha value is -1.10. The molecule has 3 nitrogen and oxygen atoms in total. The number of hydrogen-bond acceptors (Lipinski definition) is 4. The van der Waals surface area contributed by atoms with Crippen molar-refractivity contribution in [2.75, 3.05) is 14.2 Å². The highest BCUT2D eigenvalue weighted by atomic mass is 35.5. The monoisotopic (exact) mass is 310 g/mol. The van der Waals surface area contributed by atoms with Gasteiger partial charge < -0.3 is 10.1 Å². The Morgan fingerprint density at radius 2 is 2.10 bits per heavy atom. The molecule has 0 amide bonds. The largest absolute Gasteiger partial charge is 0.496 e. The van der Waals surface area contributed by atoms with Gasteiger partial charge in [0, 0.05) is 16.0 Å². The lowest BCUT2D eigenvalue weighted by Crippen LogP contribution is -2.19. The van der Waals surface area contributed by atoms with Crippen LogP contribution in [-0.4, -0.2) is 19.1 Å². The lowest BCUT2D eigenvalue weighted by atomic mass is 10.1. The normalized spacial score (nSPS) is 12.7. The molecule has 5 heteroatoms. The Kier molecular flexibility index (Phi) is 5.02. The molecule has 1 N–H and O–H groups in total. The van der Waals surface area contributed by atoms with Crippen LogP contribution in [0.25, 0.3) is 0 Å². The van der Waals surface area contributed by atoms with Gasteiger partial charge in [-0.15, -0.1) is 11.3 Å². The number of hydrogen-bond donors (Lipinski definition) is 1. The molecule has 2 rings (SSSR count). The number of rotatable bonds is 5. The summed E-state index contributed by atoms with van der Waals surface area (Å²) >= 11 is 8.00. The summed E-state index contributed by atoms with van der Waals surface area (Å²) in [6, 6.07) is 5.62. The molecule has 2 aromatic rings. The van der Waals surface area contributed by atoms with Crippen molar-refractivity contribution in [1.82, 2.24) is 10.3 Å². The highest BCUT2D eigenvalue weighted by Crippen LogP contribution is 2.37. The topological polar surface area (TPSA) is 34.2 Å². The van der Waals surface area contributed by atoms with Crippen molar-refractivity contribution in [3.8, 4) is 5.75 Å². The van der Waals surface area contributed by atoms with Crippen molar-refractivity contribution in [3.63, 3.8) is 0 Å². The van der Waals surface area contributed by atoms with Crippen LogP contribution in [0.1, 0.15) is 42.1 Å². The molecule has 0 saturated carbocycles. The van der Waals surface area contributed by atoms with Crippen LogP contribution in [0.3, 0.4) is 0 Å². The molecule has 1 atom stereocenters. The summed E-state index contributed by atoms with van der Waals surface area (Å²) < 4.78 is 5.44. The van der Waals surface area contributed by atoms with Crippen molar-refractivity contribution < 1.29 is 4.74 Å². The van der Waals surface area contributed by atoms with Gasteiger partial charge in [-0.3, -0.25) is 0 Å². The van der Waals surface area contributed by atoms with Crippen LogP contribution >= 0.6 is 22.9 Å². The van der Waals surface area contributed by atoms with E-state index in [4.69, 9.17) is 21.3 Å². The van der Waals surface area contributed by atoms with E-state index in [0.29, 0.717) is 10.9 Å². The molecule has 108 valence electrons. The second-order valence-electron chi connectivity index (χ2n) is 4.84. The molecule has 1 unspecified atom stereocenters. The summed E-state index contributed by atoms with van der Waals surface area (Å²) in [5.41, 5.74) is 2.04. The standard InChI is InChI=1S/C15H19ClN2OS/c1-9(2)11-8-20-15(18-11)14(17-3)13-10(16)6-5-7-12(13)19-4/h5-9,14,17H,1-4H3. The highest BCUT2D eigenvalue weighted by molar-refractivity contribution is 7.09. The lowest BCUT2D eigenvalue weighted by molar-refractivity contribution is 0.405. The fourth-order valence-electron chi connectivity index (χ4n) is 2.07. The van der Waals surface area contributed by atoms with Crippen LogP contribution < -0.4 is 10.1 Å². The summed E-state index contributed by atoms with van der Waals surface area (Å²) in [5, 5.41) is 7.08. The minimum atomic E-state index is -0.0591. The number of aromatic nitrogens is 1. The quantitative estimate of drug-likeness (QED) is 0.897. The molecule has 0 bridgehead atoms. The van der Waals surface area contributed by atoms with Crippen LogP contribution in [0.5, 0.6) is 5.75 Å². The van der Waals surface area contributed by atoms with E-state index in [9.17, 15) is 0 Å². The van der Waals surface area contributed by atoms with Gasteiger partial charge in [0.1, 0.15) is 10.8 Å². The first-order valence-electron chi connectivity index (χ1n) is 6.53. The molecule has 0 fully saturated rings. The van der Waals surface area contributed by atoms with Gasteiger partial charge >= 0.3 is 0 Å². The Balaban J connectivity index is 2.46. The first kappa shape index (κ1) is 15.3. The number of thiazole rings is 1. The van der Waals surface area contributed by atoms with Gasteiger partial charge in [-0.05, 0) is 25.1 Å². The van der Waals surface area contributed by atoms with E-state index in [1.54, 1.807) is 18.4 Å². The fourth-order valence-corrected chi connectivity index (χ4v) is 3.44. The van der Waals surface area contributed by atoms with E-state index in [1.165, 1.54) is 0 Å². The third kappa shape index (κ3) is 2.97. The minimum Gasteiger partial charge on any atom is -0.496 e. The van der Waals surface area contributed by atoms with Gasteiger partial charge in [0.25, 0.3) is 0 Å². The van der Waals surface area contributed by atoms with E-state index < -0.39 is 0 Å². The zero-order chi connectivity index (χ0) is 14.7. The molecule has 0 radical (unpaired) electrons. The van der Waals surface area contributed by atoms with Crippen LogP contribution in [0.15, 0.2) is 23.6 Å². The predicted molar refractivity (Wildman–Crippen MR) is 85.1 cm³/mol. The summed E-state index contributed by atoms with van der Waals surface area (Å²) in [7, 11) is 3.56. The molecule has 0 saturated heterocycles. The maximum atomic E-state index is 6.36. The Morgan fingerprint density at radius 3 is 2.65 bits per heavy atom. The number of ether oxygens (including phenoxy) is 1. The predicted octanol–water partition coefficient (Wildman–Crippen LogP) is 4.24. The third-order valence-corrected chi connectivity index (χ3v) is 4.45. The van der Waals surface area contributed by atoms with Gasteiger partial charge in [-0.1, -0.05) is 31.5 Å². The number of nitrogens with zero attached hydrogens (tertiary/aromatic N) is 1. The first-order chi connectivity index (χ1) is 9.58. The van der Waals surface area contributed by atoms with E-state index in [-0.39, 0.29) is 6.04 Å². The maximum Gasteiger partial charge on any atom is 0.125 e. The summed E-state index contributed by atoms with van der Waals surface area (Å²) in [4.78, 5) is 4.72. The Morgan fingerprint density at radius 1 is 1.35 bits per heavy atom. The molecular formula is C15H19ClN2OS. The number of nitrogens with one attached hydrogen (secondary N) is 1. The van der Waals surface area contributed by atoms with Gasteiger partial charge in [0.05, 0.1) is 18.8 Å². The zero-order valence-corrected chi connectivity index (χ0v) is 13.7. The average Bonchev–Trinajstić information content (AvgIpc) is 2.91. The molecule has 0 aliphatic rings. The first-order valence-corrected chi connectivity index (χ1v) is 7.79. The van der Waals surface area contributed by atoms with Crippen molar-refractivity contribution in [1.29, 1.82) is 0 Å². The second-order valence-corrected chi connectivity index (χ2v) is 6.14. The Bertz CT molecular complexity index is 583. The Labute approximate surface area is 129 Å². The lowest BCUT2D eigenvalue weighted by Gasteiger charge is -2.18. The van der Waals surface area contributed by atoms with Crippen LogP contribution in [-0.2, 0) is 0 Å².